The van der Waals surface area contributed by atoms with Crippen molar-refractivity contribution >= 4 is 11.8 Å². The van der Waals surface area contributed by atoms with E-state index in [0.717, 1.165) is 16.8 Å². The van der Waals surface area contributed by atoms with Crippen LogP contribution in [0.1, 0.15) is 28.5 Å². The molecule has 1 saturated heterocycles. The summed E-state index contributed by atoms with van der Waals surface area (Å²) in [5, 5.41) is 4.68. The molecule has 4 rings (SSSR count). The Morgan fingerprint density at radius 1 is 1.00 bits per heavy atom. The topological polar surface area (TPSA) is 71.6 Å². The van der Waals surface area contributed by atoms with Gasteiger partial charge in [0.1, 0.15) is 11.4 Å². The predicted octanol–water partition coefficient (Wildman–Crippen LogP) is 3.05. The molecule has 1 fully saturated rings. The number of carbonyl (C=O) groups excluding carboxylic acids is 2. The van der Waals surface area contributed by atoms with Crippen LogP contribution in [-0.2, 0) is 4.79 Å². The van der Waals surface area contributed by atoms with Crippen LogP contribution >= 0.6 is 0 Å². The molecule has 0 N–H and O–H groups in total. The molecular weight excluding hydrogens is 368 g/mol. The van der Waals surface area contributed by atoms with Crippen molar-refractivity contribution in [3.63, 3.8) is 0 Å². The number of piperazine rings is 1. The minimum atomic E-state index is -0.0986. The van der Waals surface area contributed by atoms with Gasteiger partial charge >= 0.3 is 0 Å². The van der Waals surface area contributed by atoms with Crippen molar-refractivity contribution in [3.8, 4) is 17.1 Å². The Morgan fingerprint density at radius 2 is 1.72 bits per heavy atom. The van der Waals surface area contributed by atoms with Crippen molar-refractivity contribution < 1.29 is 14.0 Å². The van der Waals surface area contributed by atoms with Gasteiger partial charge in [-0.05, 0) is 37.6 Å². The quantitative estimate of drug-likeness (QED) is 0.687. The first kappa shape index (κ1) is 19.0. The number of aryl methyl sites for hydroxylation is 2. The van der Waals surface area contributed by atoms with Crippen LogP contribution in [0, 0.1) is 13.8 Å². The Morgan fingerprint density at radius 3 is 2.34 bits per heavy atom. The van der Waals surface area contributed by atoms with Crippen molar-refractivity contribution in [1.82, 2.24) is 19.6 Å². The second-order valence-electron chi connectivity index (χ2n) is 7.39. The van der Waals surface area contributed by atoms with Crippen LogP contribution in [0.15, 0.2) is 47.1 Å². The van der Waals surface area contributed by atoms with Crippen molar-refractivity contribution in [2.45, 2.75) is 20.8 Å². The lowest BCUT2D eigenvalue weighted by Crippen LogP contribution is -2.50. The summed E-state index contributed by atoms with van der Waals surface area (Å²) in [5.41, 5.74) is 4.15. The number of benzene rings is 1. The van der Waals surface area contributed by atoms with E-state index < -0.39 is 0 Å². The van der Waals surface area contributed by atoms with Crippen LogP contribution in [0.2, 0.25) is 0 Å². The maximum absolute atomic E-state index is 13.4. The zero-order valence-electron chi connectivity index (χ0n) is 16.9. The lowest BCUT2D eigenvalue weighted by Gasteiger charge is -2.34. The Bertz CT molecular complexity index is 1040. The highest BCUT2D eigenvalue weighted by atomic mass is 16.3. The first-order chi connectivity index (χ1) is 13.9. The molecule has 0 saturated carbocycles. The number of amides is 2. The van der Waals surface area contributed by atoms with Gasteiger partial charge in [-0.2, -0.15) is 5.10 Å². The maximum Gasteiger partial charge on any atom is 0.272 e. The van der Waals surface area contributed by atoms with Crippen LogP contribution < -0.4 is 0 Å². The van der Waals surface area contributed by atoms with Gasteiger partial charge in [0, 0.05) is 39.2 Å². The number of carbonyl (C=O) groups is 2. The standard InChI is InChI=1S/C22H24N4O3/c1-15-6-7-19(16(2)13-15)26-20(14-18(23-26)21-5-4-12-29-21)22(28)25-10-8-24(9-11-25)17(3)27/h4-7,12-14H,8-11H2,1-3H3. The summed E-state index contributed by atoms with van der Waals surface area (Å²) < 4.78 is 7.19. The van der Waals surface area contributed by atoms with Gasteiger partial charge in [0.15, 0.2) is 5.76 Å². The highest BCUT2D eigenvalue weighted by Crippen LogP contribution is 2.25. The molecule has 0 aliphatic carbocycles. The van der Waals surface area contributed by atoms with Gasteiger partial charge in [0.2, 0.25) is 5.91 Å². The number of aromatic nitrogens is 2. The summed E-state index contributed by atoms with van der Waals surface area (Å²) in [6, 6.07) is 11.5. The highest BCUT2D eigenvalue weighted by molar-refractivity contribution is 5.94. The lowest BCUT2D eigenvalue weighted by molar-refractivity contribution is -0.130. The fourth-order valence-electron chi connectivity index (χ4n) is 3.69. The van der Waals surface area contributed by atoms with Crippen molar-refractivity contribution in [1.29, 1.82) is 0 Å². The molecule has 2 amide bonds. The van der Waals surface area contributed by atoms with E-state index in [4.69, 9.17) is 4.42 Å². The summed E-state index contributed by atoms with van der Waals surface area (Å²) in [5.74, 6) is 0.556. The molecule has 150 valence electrons. The van der Waals surface area contributed by atoms with E-state index in [9.17, 15) is 9.59 Å². The largest absolute Gasteiger partial charge is 0.463 e. The van der Waals surface area contributed by atoms with Crippen LogP contribution in [0.5, 0.6) is 0 Å². The highest BCUT2D eigenvalue weighted by Gasteiger charge is 2.27. The van der Waals surface area contributed by atoms with Gasteiger partial charge in [-0.25, -0.2) is 4.68 Å². The number of furan rings is 1. The van der Waals surface area contributed by atoms with Gasteiger partial charge < -0.3 is 14.2 Å². The molecule has 0 atom stereocenters. The number of rotatable bonds is 3. The summed E-state index contributed by atoms with van der Waals surface area (Å²) in [6.45, 7) is 7.71. The third-order valence-corrected chi connectivity index (χ3v) is 5.29. The molecule has 7 nitrogen and oxygen atoms in total. The zero-order chi connectivity index (χ0) is 20.5. The average molecular weight is 392 g/mol. The molecule has 3 heterocycles. The molecule has 29 heavy (non-hydrogen) atoms. The second kappa shape index (κ2) is 7.58. The normalized spacial score (nSPS) is 14.3. The molecule has 2 aromatic heterocycles. The summed E-state index contributed by atoms with van der Waals surface area (Å²) in [6.07, 6.45) is 1.59. The van der Waals surface area contributed by atoms with Gasteiger partial charge in [0.05, 0.1) is 12.0 Å². The molecule has 1 aliphatic rings. The third kappa shape index (κ3) is 3.68. The predicted molar refractivity (Wildman–Crippen MR) is 109 cm³/mol. The summed E-state index contributed by atoms with van der Waals surface area (Å²) >= 11 is 0. The minimum absolute atomic E-state index is 0.0394. The van der Waals surface area contributed by atoms with Crippen LogP contribution in [0.3, 0.4) is 0 Å². The number of hydrogen-bond donors (Lipinski definition) is 0. The average Bonchev–Trinajstić information content (AvgIpc) is 3.37. The van der Waals surface area contributed by atoms with Gasteiger partial charge in [0.25, 0.3) is 5.91 Å². The Kier molecular flexibility index (Phi) is 4.96. The van der Waals surface area contributed by atoms with Gasteiger partial charge in [-0.3, -0.25) is 9.59 Å². The second-order valence-corrected chi connectivity index (χ2v) is 7.39. The molecular formula is C22H24N4O3. The van der Waals surface area contributed by atoms with E-state index >= 15 is 0 Å². The van der Waals surface area contributed by atoms with E-state index in [1.165, 1.54) is 0 Å². The molecule has 7 heteroatoms. The molecule has 0 bridgehead atoms. The lowest BCUT2D eigenvalue weighted by atomic mass is 10.1. The van der Waals surface area contributed by atoms with E-state index in [1.807, 2.05) is 32.0 Å². The van der Waals surface area contributed by atoms with Crippen LogP contribution in [0.25, 0.3) is 17.1 Å². The number of hydrogen-bond acceptors (Lipinski definition) is 4. The van der Waals surface area contributed by atoms with E-state index in [0.29, 0.717) is 43.3 Å². The molecule has 3 aromatic rings. The fourth-order valence-corrected chi connectivity index (χ4v) is 3.69. The van der Waals surface area contributed by atoms with Crippen LogP contribution in [-0.4, -0.2) is 57.6 Å². The Hall–Kier alpha value is -3.35. The molecule has 0 radical (unpaired) electrons. The fraction of sp³-hybridized carbons (Fsp3) is 0.318. The minimum Gasteiger partial charge on any atom is -0.463 e. The van der Waals surface area contributed by atoms with E-state index in [2.05, 4.69) is 11.2 Å². The molecule has 1 aliphatic heterocycles. The van der Waals surface area contributed by atoms with E-state index in [-0.39, 0.29) is 11.8 Å². The third-order valence-electron chi connectivity index (χ3n) is 5.29. The Balaban J connectivity index is 1.72. The molecule has 1 aromatic carbocycles. The van der Waals surface area contributed by atoms with Crippen molar-refractivity contribution in [2.75, 3.05) is 26.2 Å². The Labute approximate surface area is 169 Å². The maximum atomic E-state index is 13.4. The van der Waals surface area contributed by atoms with Gasteiger partial charge in [-0.1, -0.05) is 17.7 Å². The van der Waals surface area contributed by atoms with Gasteiger partial charge in [-0.15, -0.1) is 0 Å². The van der Waals surface area contributed by atoms with E-state index in [1.54, 1.807) is 39.8 Å². The first-order valence-electron chi connectivity index (χ1n) is 9.70. The molecule has 0 unspecified atom stereocenters. The zero-order valence-corrected chi connectivity index (χ0v) is 16.9. The first-order valence-corrected chi connectivity index (χ1v) is 9.70. The van der Waals surface area contributed by atoms with Crippen molar-refractivity contribution in [3.05, 3.63) is 59.5 Å². The smallest absolute Gasteiger partial charge is 0.272 e. The molecule has 0 spiro atoms. The van der Waals surface area contributed by atoms with Crippen LogP contribution in [0.4, 0.5) is 0 Å². The SMILES string of the molecule is CC(=O)N1CCN(C(=O)c2cc(-c3ccco3)nn2-c2ccc(C)cc2C)CC1. The summed E-state index contributed by atoms with van der Waals surface area (Å²) in [4.78, 5) is 28.5. The van der Waals surface area contributed by atoms with Crippen molar-refractivity contribution in [2.24, 2.45) is 0 Å². The summed E-state index contributed by atoms with van der Waals surface area (Å²) in [7, 11) is 0. The monoisotopic (exact) mass is 392 g/mol. The number of nitrogens with zero attached hydrogens (tertiary/aromatic N) is 4.